The monoisotopic (exact) mass is 284 g/mol. The van der Waals surface area contributed by atoms with Crippen molar-refractivity contribution in [1.29, 1.82) is 0 Å². The van der Waals surface area contributed by atoms with Crippen molar-refractivity contribution in [3.63, 3.8) is 0 Å². The molecule has 1 aliphatic carbocycles. The summed E-state index contributed by atoms with van der Waals surface area (Å²) in [4.78, 5) is 25.7. The highest BCUT2D eigenvalue weighted by molar-refractivity contribution is 8.00. The Balaban J connectivity index is 1.76. The Labute approximate surface area is 117 Å². The zero-order valence-corrected chi connectivity index (χ0v) is 11.7. The normalized spacial score (nSPS) is 35.4. The van der Waals surface area contributed by atoms with Crippen LogP contribution in [0.1, 0.15) is 25.7 Å². The third-order valence-corrected chi connectivity index (χ3v) is 5.71. The molecule has 6 heteroatoms. The first-order valence-electron chi connectivity index (χ1n) is 7.06. The molecule has 2 N–H and O–H groups in total. The highest BCUT2D eigenvalue weighted by Gasteiger charge is 2.49. The molecule has 3 rings (SSSR count). The van der Waals surface area contributed by atoms with Gasteiger partial charge in [0.05, 0.1) is 11.3 Å². The molecule has 1 saturated carbocycles. The molecule has 3 atom stereocenters. The molecule has 2 heterocycles. The molecule has 0 aromatic carbocycles. The first kappa shape index (κ1) is 13.2. The number of nitrogens with one attached hydrogen (secondary N) is 1. The van der Waals surface area contributed by atoms with Gasteiger partial charge < -0.3 is 15.3 Å². The number of rotatable bonds is 3. The third-order valence-electron chi connectivity index (χ3n) is 4.25. The van der Waals surface area contributed by atoms with E-state index in [2.05, 4.69) is 5.32 Å². The van der Waals surface area contributed by atoms with Gasteiger partial charge in [0.15, 0.2) is 0 Å². The van der Waals surface area contributed by atoms with E-state index in [-0.39, 0.29) is 17.2 Å². The van der Waals surface area contributed by atoms with E-state index >= 15 is 0 Å². The van der Waals surface area contributed by atoms with Crippen LogP contribution in [0.25, 0.3) is 0 Å². The van der Waals surface area contributed by atoms with Crippen molar-refractivity contribution in [2.75, 3.05) is 18.8 Å². The van der Waals surface area contributed by atoms with E-state index in [1.807, 2.05) is 0 Å². The minimum absolute atomic E-state index is 0.0319. The fraction of sp³-hybridized carbons (Fsp3) is 0.846. The molecule has 0 spiro atoms. The smallest absolute Gasteiger partial charge is 0.327 e. The van der Waals surface area contributed by atoms with Crippen molar-refractivity contribution in [2.45, 2.75) is 37.1 Å². The van der Waals surface area contributed by atoms with E-state index < -0.39 is 12.0 Å². The maximum atomic E-state index is 12.7. The van der Waals surface area contributed by atoms with Gasteiger partial charge in [0.2, 0.25) is 5.91 Å². The molecular weight excluding hydrogens is 264 g/mol. The lowest BCUT2D eigenvalue weighted by atomic mass is 9.97. The number of nitrogens with zero attached hydrogens (tertiary/aromatic N) is 1. The Bertz CT molecular complexity index is 380. The number of aliphatic carboxylic acids is 1. The molecule has 1 amide bonds. The van der Waals surface area contributed by atoms with Crippen molar-refractivity contribution >= 4 is 23.6 Å². The first-order valence-corrected chi connectivity index (χ1v) is 8.10. The summed E-state index contributed by atoms with van der Waals surface area (Å²) in [6, 6.07) is -0.620. The van der Waals surface area contributed by atoms with Crippen LogP contribution >= 0.6 is 11.8 Å². The van der Waals surface area contributed by atoms with Crippen molar-refractivity contribution in [1.82, 2.24) is 10.2 Å². The maximum absolute atomic E-state index is 12.7. The van der Waals surface area contributed by atoms with Gasteiger partial charge in [-0.2, -0.15) is 0 Å². The van der Waals surface area contributed by atoms with Crippen LogP contribution in [-0.4, -0.2) is 52.1 Å². The molecule has 2 unspecified atom stereocenters. The van der Waals surface area contributed by atoms with Crippen LogP contribution in [0.2, 0.25) is 0 Å². The van der Waals surface area contributed by atoms with Gasteiger partial charge in [-0.15, -0.1) is 11.8 Å². The number of hydrogen-bond donors (Lipinski definition) is 2. The van der Waals surface area contributed by atoms with Gasteiger partial charge in [0, 0.05) is 12.3 Å². The Morgan fingerprint density at radius 1 is 1.26 bits per heavy atom. The van der Waals surface area contributed by atoms with Crippen LogP contribution in [0.5, 0.6) is 0 Å². The van der Waals surface area contributed by atoms with Crippen molar-refractivity contribution < 1.29 is 14.7 Å². The largest absolute Gasteiger partial charge is 0.480 e. The summed E-state index contributed by atoms with van der Waals surface area (Å²) in [5, 5.41) is 12.7. The summed E-state index contributed by atoms with van der Waals surface area (Å²) >= 11 is 1.65. The molecule has 0 aromatic rings. The summed E-state index contributed by atoms with van der Waals surface area (Å²) in [7, 11) is 0. The second kappa shape index (κ2) is 5.32. The quantitative estimate of drug-likeness (QED) is 0.800. The summed E-state index contributed by atoms with van der Waals surface area (Å²) in [6.07, 6.45) is 4.16. The number of carboxylic acids is 1. The fourth-order valence-electron chi connectivity index (χ4n) is 3.01. The van der Waals surface area contributed by atoms with Crippen LogP contribution in [0, 0.1) is 11.8 Å². The number of carbonyl (C=O) groups excluding carboxylic acids is 1. The number of hydrogen-bond acceptors (Lipinski definition) is 4. The second-order valence-corrected chi connectivity index (χ2v) is 6.85. The lowest BCUT2D eigenvalue weighted by Gasteiger charge is -2.32. The second-order valence-electron chi connectivity index (χ2n) is 5.70. The molecule has 19 heavy (non-hydrogen) atoms. The van der Waals surface area contributed by atoms with Gasteiger partial charge in [-0.05, 0) is 38.1 Å². The molecule has 3 fully saturated rings. The highest BCUT2D eigenvalue weighted by Crippen LogP contribution is 2.46. The standard InChI is InChI=1S/C13H20N2O3S/c16-11(9-2-1-5-14-6-9)15-10(13(17)18)7-19-12(15)8-3-4-8/h8-10,12,14H,1-7H2,(H,17,18)/t9-,10?,12?/m1/s1. The van der Waals surface area contributed by atoms with E-state index in [0.29, 0.717) is 18.2 Å². The van der Waals surface area contributed by atoms with Gasteiger partial charge in [0.1, 0.15) is 6.04 Å². The topological polar surface area (TPSA) is 69.6 Å². The van der Waals surface area contributed by atoms with E-state index in [0.717, 1.165) is 32.2 Å². The van der Waals surface area contributed by atoms with Crippen molar-refractivity contribution in [2.24, 2.45) is 11.8 Å². The zero-order valence-electron chi connectivity index (χ0n) is 10.9. The van der Waals surface area contributed by atoms with E-state index in [9.17, 15) is 14.7 Å². The van der Waals surface area contributed by atoms with E-state index in [1.54, 1.807) is 16.7 Å². The Morgan fingerprint density at radius 2 is 2.05 bits per heavy atom. The minimum Gasteiger partial charge on any atom is -0.480 e. The number of thioether (sulfide) groups is 1. The SMILES string of the molecule is O=C(O)C1CSC(C2CC2)N1C(=O)[C@@H]1CCCNC1. The summed E-state index contributed by atoms with van der Waals surface area (Å²) in [5.41, 5.74) is 0. The summed E-state index contributed by atoms with van der Waals surface area (Å²) in [6.45, 7) is 1.66. The van der Waals surface area contributed by atoms with Gasteiger partial charge in [-0.25, -0.2) is 4.79 Å². The van der Waals surface area contributed by atoms with Crippen LogP contribution in [0.4, 0.5) is 0 Å². The molecule has 2 aliphatic heterocycles. The van der Waals surface area contributed by atoms with Gasteiger partial charge in [-0.3, -0.25) is 4.79 Å². The molecule has 2 saturated heterocycles. The molecule has 106 valence electrons. The van der Waals surface area contributed by atoms with Gasteiger partial charge in [0.25, 0.3) is 0 Å². The van der Waals surface area contributed by atoms with Crippen LogP contribution in [-0.2, 0) is 9.59 Å². The Hall–Kier alpha value is -0.750. The first-order chi connectivity index (χ1) is 9.18. The summed E-state index contributed by atoms with van der Waals surface area (Å²) < 4.78 is 0. The van der Waals surface area contributed by atoms with Crippen molar-refractivity contribution in [3.8, 4) is 0 Å². The summed E-state index contributed by atoms with van der Waals surface area (Å²) in [5.74, 6) is 0.238. The fourth-order valence-corrected chi connectivity index (χ4v) is 4.65. The molecule has 5 nitrogen and oxygen atoms in total. The van der Waals surface area contributed by atoms with Crippen LogP contribution < -0.4 is 5.32 Å². The van der Waals surface area contributed by atoms with Crippen LogP contribution in [0.15, 0.2) is 0 Å². The van der Waals surface area contributed by atoms with Crippen LogP contribution in [0.3, 0.4) is 0 Å². The molecule has 0 radical (unpaired) electrons. The van der Waals surface area contributed by atoms with E-state index in [1.165, 1.54) is 0 Å². The Kier molecular flexibility index (Phi) is 3.71. The molecule has 0 aromatic heterocycles. The average molecular weight is 284 g/mol. The van der Waals surface area contributed by atoms with Gasteiger partial charge in [-0.1, -0.05) is 0 Å². The highest BCUT2D eigenvalue weighted by atomic mass is 32.2. The third kappa shape index (κ3) is 2.60. The number of carbonyl (C=O) groups is 2. The lowest BCUT2D eigenvalue weighted by molar-refractivity contribution is -0.151. The minimum atomic E-state index is -0.854. The molecular formula is C13H20N2O3S. The Morgan fingerprint density at radius 3 is 2.63 bits per heavy atom. The number of carboxylic acid groups (broad SMARTS) is 1. The predicted octanol–water partition coefficient (Wildman–Crippen LogP) is 0.751. The average Bonchev–Trinajstić information content (AvgIpc) is 3.17. The lowest BCUT2D eigenvalue weighted by Crippen LogP contribution is -2.51. The molecule has 0 bridgehead atoms. The number of piperidine rings is 1. The predicted molar refractivity (Wildman–Crippen MR) is 72.8 cm³/mol. The maximum Gasteiger partial charge on any atom is 0.327 e. The zero-order chi connectivity index (χ0) is 13.4. The number of amides is 1. The van der Waals surface area contributed by atoms with Gasteiger partial charge >= 0.3 is 5.97 Å². The van der Waals surface area contributed by atoms with E-state index in [4.69, 9.17) is 0 Å². The van der Waals surface area contributed by atoms with Crippen molar-refractivity contribution in [3.05, 3.63) is 0 Å². The molecule has 3 aliphatic rings.